The van der Waals surface area contributed by atoms with Gasteiger partial charge in [0.25, 0.3) is 0 Å². The average Bonchev–Trinajstić information content (AvgIpc) is 3.73. The number of nitrogens with one attached hydrogen (secondary N) is 4. The third-order valence-electron chi connectivity index (χ3n) is 10.8. The Morgan fingerprint density at radius 2 is 0.600 bits per heavy atom. The van der Waals surface area contributed by atoms with Gasteiger partial charge in [-0.05, 0) is 37.1 Å². The summed E-state index contributed by atoms with van der Waals surface area (Å²) < 4.78 is 71.3. The fraction of sp³-hybridized carbons (Fsp3) is 0.714. The molecule has 0 saturated carbocycles. The van der Waals surface area contributed by atoms with Crippen molar-refractivity contribution in [1.82, 2.24) is 0 Å². The van der Waals surface area contributed by atoms with Crippen LogP contribution in [0.5, 0.6) is 0 Å². The average molecular weight is 831 g/mol. The van der Waals surface area contributed by atoms with E-state index >= 15 is 0 Å². The van der Waals surface area contributed by atoms with Gasteiger partial charge < -0.3 is 30.4 Å². The van der Waals surface area contributed by atoms with Gasteiger partial charge in [-0.15, -0.1) is 0 Å². The summed E-state index contributed by atoms with van der Waals surface area (Å²) in [6.07, 6.45) is 29.7. The molecule has 0 radical (unpaired) electrons. The molecule has 0 fully saturated rings. The molecular formula is C42H70CaN4O6S2. The van der Waals surface area contributed by atoms with Crippen LogP contribution < -0.4 is 21.3 Å². The Labute approximate surface area is 364 Å². The number of hydrogen-bond donors (Lipinski definition) is 4. The van der Waals surface area contributed by atoms with E-state index in [2.05, 4.69) is 35.1 Å². The summed E-state index contributed by atoms with van der Waals surface area (Å²) in [5.74, 6) is 0. The Bertz CT molecular complexity index is 1400. The van der Waals surface area contributed by atoms with Crippen molar-refractivity contribution in [1.29, 1.82) is 0 Å². The minimum atomic E-state index is -4.52. The minimum absolute atomic E-state index is 0. The van der Waals surface area contributed by atoms with Gasteiger partial charge in [0.1, 0.15) is 20.2 Å². The van der Waals surface area contributed by atoms with E-state index in [1.54, 1.807) is 24.3 Å². The van der Waals surface area contributed by atoms with Gasteiger partial charge >= 0.3 is 37.7 Å². The smallest absolute Gasteiger partial charge is 0.745 e. The zero-order valence-corrected chi connectivity index (χ0v) is 37.8. The fourth-order valence-corrected chi connectivity index (χ4v) is 9.24. The summed E-state index contributed by atoms with van der Waals surface area (Å²) in [5.41, 5.74) is 2.71. The number of benzene rings is 2. The van der Waals surface area contributed by atoms with Crippen LogP contribution in [-0.4, -0.2) is 73.7 Å². The van der Waals surface area contributed by atoms with E-state index in [0.717, 1.165) is 25.7 Å². The largest absolute Gasteiger partial charge is 2.00 e. The molecule has 0 bridgehead atoms. The molecule has 0 atom stereocenters. The zero-order chi connectivity index (χ0) is 39.2. The van der Waals surface area contributed by atoms with Crippen molar-refractivity contribution in [2.45, 2.75) is 191 Å². The third kappa shape index (κ3) is 17.2. The van der Waals surface area contributed by atoms with Gasteiger partial charge in [0, 0.05) is 12.8 Å². The van der Waals surface area contributed by atoms with Crippen LogP contribution in [0.3, 0.4) is 0 Å². The van der Waals surface area contributed by atoms with Crippen molar-refractivity contribution in [3.8, 4) is 0 Å². The van der Waals surface area contributed by atoms with Gasteiger partial charge in [-0.25, -0.2) is 16.8 Å². The second-order valence-electron chi connectivity index (χ2n) is 15.4. The van der Waals surface area contributed by atoms with E-state index < -0.39 is 30.2 Å². The molecule has 55 heavy (non-hydrogen) atoms. The molecule has 0 amide bonds. The van der Waals surface area contributed by atoms with Crippen LogP contribution in [0.15, 0.2) is 48.5 Å². The molecule has 2 aromatic rings. The minimum Gasteiger partial charge on any atom is -0.745 e. The van der Waals surface area contributed by atoms with Gasteiger partial charge in [0.15, 0.2) is 0 Å². The quantitative estimate of drug-likeness (QED) is 0.0369. The summed E-state index contributed by atoms with van der Waals surface area (Å²) in [5, 5.41) is 11.7. The number of fused-ring (bicyclic) bond motifs is 2. The van der Waals surface area contributed by atoms with Crippen LogP contribution in [0.25, 0.3) is 0 Å². The van der Waals surface area contributed by atoms with Crippen LogP contribution in [0.2, 0.25) is 0 Å². The maximum absolute atomic E-state index is 11.9. The Balaban J connectivity index is 0.000000373. The molecule has 0 aliphatic carbocycles. The van der Waals surface area contributed by atoms with E-state index in [9.17, 15) is 25.9 Å². The molecule has 308 valence electrons. The van der Waals surface area contributed by atoms with E-state index in [4.69, 9.17) is 0 Å². The normalized spacial score (nSPS) is 14.9. The van der Waals surface area contributed by atoms with E-state index in [0.29, 0.717) is 35.6 Å². The molecule has 0 spiro atoms. The molecule has 4 N–H and O–H groups in total. The van der Waals surface area contributed by atoms with Crippen molar-refractivity contribution >= 4 is 80.7 Å². The predicted octanol–water partition coefficient (Wildman–Crippen LogP) is 11.2. The molecule has 0 saturated heterocycles. The fourth-order valence-electron chi connectivity index (χ4n) is 7.51. The van der Waals surface area contributed by atoms with Gasteiger partial charge in [0.05, 0.1) is 22.7 Å². The van der Waals surface area contributed by atoms with Gasteiger partial charge in [-0.3, -0.25) is 0 Å². The molecular weight excluding hydrogens is 761 g/mol. The van der Waals surface area contributed by atoms with Crippen molar-refractivity contribution < 1.29 is 25.9 Å². The summed E-state index contributed by atoms with van der Waals surface area (Å²) >= 11 is 0. The van der Waals surface area contributed by atoms with Crippen LogP contribution in [0.1, 0.15) is 181 Å². The van der Waals surface area contributed by atoms with Gasteiger partial charge in [-0.1, -0.05) is 179 Å². The third-order valence-corrected chi connectivity index (χ3v) is 13.3. The number of anilines is 4. The van der Waals surface area contributed by atoms with E-state index in [1.807, 2.05) is 24.3 Å². The summed E-state index contributed by atoms with van der Waals surface area (Å²) in [7, 11) is -9.04. The molecule has 0 unspecified atom stereocenters. The molecule has 2 aromatic carbocycles. The number of rotatable bonds is 28. The first-order valence-electron chi connectivity index (χ1n) is 21.2. The van der Waals surface area contributed by atoms with E-state index in [1.165, 1.54) is 116 Å². The van der Waals surface area contributed by atoms with Crippen LogP contribution >= 0.6 is 0 Å². The van der Waals surface area contributed by atoms with Crippen molar-refractivity contribution in [2.24, 2.45) is 0 Å². The molecule has 2 aliphatic rings. The summed E-state index contributed by atoms with van der Waals surface area (Å²) in [6.45, 7) is 4.48. The number of para-hydroxylation sites is 4. The maximum atomic E-state index is 11.9. The van der Waals surface area contributed by atoms with Crippen molar-refractivity contribution in [3.63, 3.8) is 0 Å². The second kappa shape index (κ2) is 26.7. The van der Waals surface area contributed by atoms with Crippen LogP contribution in [0.4, 0.5) is 22.7 Å². The molecule has 13 heteroatoms. The van der Waals surface area contributed by atoms with Crippen LogP contribution in [-0.2, 0) is 20.2 Å². The maximum Gasteiger partial charge on any atom is 2.00 e. The second-order valence-corrected chi connectivity index (χ2v) is 18.6. The van der Waals surface area contributed by atoms with Crippen molar-refractivity contribution in [2.75, 3.05) is 21.3 Å². The Kier molecular flexibility index (Phi) is 24.2. The molecule has 2 aliphatic heterocycles. The first kappa shape index (κ1) is 49.9. The SMILES string of the molecule is CCCCCCCCCCCCCCC1(S(=O)(=O)[O-])Nc2ccccc2N1.CCCCCCCCCCCCCCC1(S(=O)(=O)[O-])Nc2ccccc2N1.[Ca+2]. The number of unbranched alkanes of at least 4 members (excludes halogenated alkanes) is 22. The topological polar surface area (TPSA) is 163 Å². The van der Waals surface area contributed by atoms with Crippen LogP contribution in [0, 0.1) is 0 Å². The summed E-state index contributed by atoms with van der Waals surface area (Å²) in [4.78, 5) is -3.20. The van der Waals surface area contributed by atoms with Gasteiger partial charge in [0.2, 0.25) is 9.99 Å². The number of hydrogen-bond acceptors (Lipinski definition) is 10. The first-order chi connectivity index (χ1) is 26.0. The van der Waals surface area contributed by atoms with Gasteiger partial charge in [-0.2, -0.15) is 0 Å². The predicted molar refractivity (Wildman–Crippen MR) is 229 cm³/mol. The van der Waals surface area contributed by atoms with E-state index in [-0.39, 0.29) is 50.6 Å². The Morgan fingerprint density at radius 3 is 0.800 bits per heavy atom. The molecule has 2 heterocycles. The first-order valence-corrected chi connectivity index (χ1v) is 24.0. The monoisotopic (exact) mass is 830 g/mol. The molecule has 4 rings (SSSR count). The Hall–Kier alpha value is -1.28. The molecule has 10 nitrogen and oxygen atoms in total. The zero-order valence-electron chi connectivity index (χ0n) is 34.0. The standard InChI is InChI=1S/2C21H36N2O3S.Ca/c2*1-2-3-4-5-6-7-8-9-10-11-12-15-18-21(27(24,25)26)22-19-16-13-14-17-20(19)23-21;/h2*13-14,16-17,22-23H,2-12,15,18H2,1H3,(H,24,25,26);/q;;+2/p-2. The Morgan fingerprint density at radius 1 is 0.400 bits per heavy atom. The molecule has 0 aromatic heterocycles. The summed E-state index contributed by atoms with van der Waals surface area (Å²) in [6, 6.07) is 14.5. The van der Waals surface area contributed by atoms with Crippen molar-refractivity contribution in [3.05, 3.63) is 48.5 Å².